The molecule has 3 aromatic carbocycles. The molecule has 2 aliphatic heterocycles. The van der Waals surface area contributed by atoms with Crippen molar-refractivity contribution < 1.29 is 28.7 Å². The van der Waals surface area contributed by atoms with Gasteiger partial charge in [0.2, 0.25) is 5.91 Å². The third kappa shape index (κ3) is 8.10. The van der Waals surface area contributed by atoms with E-state index < -0.39 is 23.8 Å². The average Bonchev–Trinajstić information content (AvgIpc) is 3.90. The Bertz CT molecular complexity index is 2670. The van der Waals surface area contributed by atoms with Crippen LogP contribution in [0.15, 0.2) is 72.9 Å². The zero-order valence-corrected chi connectivity index (χ0v) is 36.8. The number of likely N-dealkylation sites (tertiary alicyclic amines) is 2. The quantitative estimate of drug-likeness (QED) is 0.109. The number of nitrogens with one attached hydrogen (secondary N) is 4. The van der Waals surface area contributed by atoms with Gasteiger partial charge in [-0.15, -0.1) is 0 Å². The summed E-state index contributed by atoms with van der Waals surface area (Å²) in [5.41, 5.74) is 4.10. The molecule has 4 amide bonds. The van der Waals surface area contributed by atoms with Crippen molar-refractivity contribution in [2.75, 3.05) is 27.3 Å². The number of halogens is 1. The summed E-state index contributed by atoms with van der Waals surface area (Å²) < 4.78 is 9.75. The molecule has 0 bridgehead atoms. The van der Waals surface area contributed by atoms with Crippen LogP contribution in [0.3, 0.4) is 0 Å². The lowest BCUT2D eigenvalue weighted by Gasteiger charge is -2.36. The average molecular weight is 871 g/mol. The maximum atomic E-state index is 14.7. The smallest absolute Gasteiger partial charge is 0.407 e. The summed E-state index contributed by atoms with van der Waals surface area (Å²) in [6, 6.07) is 19.5. The Kier molecular flexibility index (Phi) is 10.7. The number of methoxy groups -OCH3 is 2. The van der Waals surface area contributed by atoms with E-state index in [-0.39, 0.29) is 40.6 Å². The van der Waals surface area contributed by atoms with Gasteiger partial charge in [0.25, 0.3) is 5.91 Å². The number of nitrogens with zero attached hydrogens (tertiary/aromatic N) is 4. The molecule has 2 spiro atoms. The minimum absolute atomic E-state index is 0.0118. The zero-order valence-electron chi connectivity index (χ0n) is 36.0. The highest BCUT2D eigenvalue weighted by Gasteiger charge is 2.58. The molecule has 14 nitrogen and oxygen atoms in total. The molecular formula is C48H51ClN8O6. The molecule has 4 aliphatic rings. The van der Waals surface area contributed by atoms with Gasteiger partial charge in [-0.2, -0.15) is 0 Å². The van der Waals surface area contributed by atoms with Crippen LogP contribution in [-0.4, -0.2) is 87.1 Å². The Hall–Kier alpha value is -6.33. The Morgan fingerprint density at radius 3 is 2.13 bits per heavy atom. The number of carbonyl (C=O) groups is 4. The molecule has 5 aromatic rings. The number of hydrogen-bond acceptors (Lipinski definition) is 8. The van der Waals surface area contributed by atoms with Gasteiger partial charge in [0.1, 0.15) is 23.2 Å². The molecule has 2 saturated carbocycles. The monoisotopic (exact) mass is 870 g/mol. The second kappa shape index (κ2) is 16.1. The Balaban J connectivity index is 0.909. The Labute approximate surface area is 370 Å². The van der Waals surface area contributed by atoms with Crippen LogP contribution in [-0.2, 0) is 24.6 Å². The molecule has 2 saturated heterocycles. The number of aromatic nitrogens is 4. The summed E-state index contributed by atoms with van der Waals surface area (Å²) in [4.78, 5) is 73.7. The van der Waals surface area contributed by atoms with Crippen LogP contribution in [0, 0.1) is 28.6 Å². The molecule has 2 aliphatic carbocycles. The molecule has 63 heavy (non-hydrogen) atoms. The predicted molar refractivity (Wildman–Crippen MR) is 236 cm³/mol. The first-order valence-electron chi connectivity index (χ1n) is 21.5. The molecule has 4 N–H and O–H groups in total. The van der Waals surface area contributed by atoms with Crippen molar-refractivity contribution >= 4 is 46.6 Å². The van der Waals surface area contributed by atoms with Gasteiger partial charge in [-0.3, -0.25) is 9.59 Å². The van der Waals surface area contributed by atoms with Gasteiger partial charge >= 0.3 is 12.2 Å². The van der Waals surface area contributed by atoms with Crippen LogP contribution >= 0.6 is 11.6 Å². The molecule has 0 unspecified atom stereocenters. The maximum absolute atomic E-state index is 14.7. The standard InChI is InChI=1S/C48H51ClN8O6/c1-28(2)39(54-44(60)62-4)42(58)56-26-47(18-19-47)23-37(56)40-50-25-36(53-40)31-15-12-29(13-16-31)10-11-30-14-17-34-35(22-30)52-41(51-34)38-24-48(20-21-48)27-57(38)43(59)46(3,55-45(61)63-5)32-8-6-7-9-33(32)49/h6-9,12-17,22,25,28,37-39H,18-21,23-24,26-27H2,1-5H3,(H,50,53)(H,51,52)(H,54,60)(H,55,61)/t37-,38-,39-,46-/m0/s1. The van der Waals surface area contributed by atoms with Gasteiger partial charge in [0.05, 0.1) is 49.2 Å². The number of carbonyl (C=O) groups excluding carboxylic acids is 4. The first-order valence-corrected chi connectivity index (χ1v) is 21.8. The molecule has 326 valence electrons. The molecule has 9 rings (SSSR count). The van der Waals surface area contributed by atoms with E-state index in [0.29, 0.717) is 29.5 Å². The first-order chi connectivity index (χ1) is 30.2. The first kappa shape index (κ1) is 42.0. The number of fused-ring (bicyclic) bond motifs is 1. The van der Waals surface area contributed by atoms with E-state index in [1.54, 1.807) is 37.4 Å². The van der Waals surface area contributed by atoms with Crippen LogP contribution in [0.5, 0.6) is 0 Å². The predicted octanol–water partition coefficient (Wildman–Crippen LogP) is 7.77. The lowest BCUT2D eigenvalue weighted by molar-refractivity contribution is -0.139. The fraction of sp³-hybridized carbons (Fsp3) is 0.417. The van der Waals surface area contributed by atoms with Crippen LogP contribution in [0.4, 0.5) is 9.59 Å². The summed E-state index contributed by atoms with van der Waals surface area (Å²) in [5.74, 6) is 7.46. The fourth-order valence-corrected chi connectivity index (χ4v) is 9.77. The maximum Gasteiger partial charge on any atom is 0.407 e. The van der Waals surface area contributed by atoms with Crippen molar-refractivity contribution in [1.82, 2.24) is 40.4 Å². The number of rotatable bonds is 9. The topological polar surface area (TPSA) is 175 Å². The highest BCUT2D eigenvalue weighted by Crippen LogP contribution is 2.60. The lowest BCUT2D eigenvalue weighted by Crippen LogP contribution is -2.55. The molecule has 2 aromatic heterocycles. The molecule has 4 fully saturated rings. The van der Waals surface area contributed by atoms with Crippen LogP contribution < -0.4 is 10.6 Å². The van der Waals surface area contributed by atoms with Crippen LogP contribution in [0.2, 0.25) is 5.02 Å². The highest BCUT2D eigenvalue weighted by atomic mass is 35.5. The van der Waals surface area contributed by atoms with Crippen molar-refractivity contribution in [3.05, 3.63) is 106 Å². The van der Waals surface area contributed by atoms with Crippen LogP contribution in [0.25, 0.3) is 22.3 Å². The number of amides is 4. The van der Waals surface area contributed by atoms with E-state index in [0.717, 1.165) is 77.8 Å². The summed E-state index contributed by atoms with van der Waals surface area (Å²) in [6.45, 7) is 6.69. The second-order valence-corrected chi connectivity index (χ2v) is 18.7. The normalized spacial score (nSPS) is 20.6. The van der Waals surface area contributed by atoms with Gasteiger partial charge in [0, 0.05) is 34.8 Å². The van der Waals surface area contributed by atoms with Gasteiger partial charge in [-0.05, 0) is 104 Å². The summed E-state index contributed by atoms with van der Waals surface area (Å²) >= 11 is 6.63. The molecule has 15 heteroatoms. The van der Waals surface area contributed by atoms with Crippen molar-refractivity contribution in [2.45, 2.75) is 83.0 Å². The van der Waals surface area contributed by atoms with Crippen molar-refractivity contribution in [2.24, 2.45) is 16.7 Å². The zero-order chi connectivity index (χ0) is 44.3. The largest absolute Gasteiger partial charge is 0.453 e. The third-order valence-electron chi connectivity index (χ3n) is 13.5. The molecular weight excluding hydrogens is 820 g/mol. The summed E-state index contributed by atoms with van der Waals surface area (Å²) in [6.07, 6.45) is 6.21. The van der Waals surface area contributed by atoms with E-state index in [2.05, 4.69) is 32.4 Å². The number of aromatic amines is 2. The number of H-pyrrole nitrogens is 2. The number of hydrogen-bond donors (Lipinski definition) is 4. The minimum Gasteiger partial charge on any atom is -0.453 e. The number of alkyl carbamates (subject to hydrolysis) is 2. The number of imidazole rings is 2. The molecule has 4 atom stereocenters. The van der Waals surface area contributed by atoms with Gasteiger partial charge < -0.3 is 39.9 Å². The SMILES string of the molecule is COC(=O)N[C@H](C(=O)N1CC2(CC2)C[C@H]1c1ncc(-c2ccc(C#Cc3ccc4nc([C@@H]5CC6(CC6)CN5C(=O)[C@@](C)(NC(=O)OC)c5ccccc5Cl)[nH]c4c3)cc2)[nH]1)C(C)C. The highest BCUT2D eigenvalue weighted by molar-refractivity contribution is 6.31. The Morgan fingerprint density at radius 1 is 0.841 bits per heavy atom. The fourth-order valence-electron chi connectivity index (χ4n) is 9.44. The van der Waals surface area contributed by atoms with Crippen molar-refractivity contribution in [3.8, 4) is 23.1 Å². The summed E-state index contributed by atoms with van der Waals surface area (Å²) in [7, 11) is 2.56. The third-order valence-corrected chi connectivity index (χ3v) is 13.8. The number of benzene rings is 3. The van der Waals surface area contributed by atoms with Gasteiger partial charge in [-0.1, -0.05) is 67.6 Å². The lowest BCUT2D eigenvalue weighted by atomic mass is 9.90. The molecule has 4 heterocycles. The van der Waals surface area contributed by atoms with Gasteiger partial charge in [0.15, 0.2) is 0 Å². The van der Waals surface area contributed by atoms with E-state index in [9.17, 15) is 19.2 Å². The van der Waals surface area contributed by atoms with E-state index in [4.69, 9.17) is 31.0 Å². The van der Waals surface area contributed by atoms with Crippen molar-refractivity contribution in [1.29, 1.82) is 0 Å². The second-order valence-electron chi connectivity index (χ2n) is 18.3. The Morgan fingerprint density at radius 2 is 1.48 bits per heavy atom. The van der Waals surface area contributed by atoms with Crippen LogP contribution in [0.1, 0.15) is 99.7 Å². The van der Waals surface area contributed by atoms with E-state index in [1.807, 2.05) is 66.1 Å². The van der Waals surface area contributed by atoms with Crippen molar-refractivity contribution in [3.63, 3.8) is 0 Å². The van der Waals surface area contributed by atoms with E-state index >= 15 is 0 Å². The summed E-state index contributed by atoms with van der Waals surface area (Å²) in [5, 5.41) is 5.89. The molecule has 0 radical (unpaired) electrons. The van der Waals surface area contributed by atoms with Gasteiger partial charge in [-0.25, -0.2) is 19.6 Å². The van der Waals surface area contributed by atoms with E-state index in [1.165, 1.54) is 14.2 Å². The minimum atomic E-state index is -1.49. The number of ether oxygens (including phenoxy) is 2.